The van der Waals surface area contributed by atoms with Crippen LogP contribution in [0.15, 0.2) is 0 Å². The van der Waals surface area contributed by atoms with Crippen LogP contribution in [-0.4, -0.2) is 73.1 Å². The second-order valence-electron chi connectivity index (χ2n) is 5.28. The Bertz CT molecular complexity index is 346. The second-order valence-corrected chi connectivity index (χ2v) is 5.28. The molecule has 0 aromatic carbocycles. The minimum absolute atomic E-state index is 0. The lowest BCUT2D eigenvalue weighted by atomic mass is 9.98. The molecule has 5 unspecified atom stereocenters. The van der Waals surface area contributed by atoms with E-state index in [-0.39, 0.29) is 24.9 Å². The highest BCUT2D eigenvalue weighted by Crippen LogP contribution is 2.25. The number of rotatable bonds is 5. The molecular weight excluding hydrogens is 316 g/mol. The first-order valence-electron chi connectivity index (χ1n) is 7.35. The molecule has 3 saturated heterocycles. The number of hydrogen-bond acceptors (Lipinski definition) is 7. The van der Waals surface area contributed by atoms with Gasteiger partial charge >= 0.3 is 0 Å². The van der Waals surface area contributed by atoms with Gasteiger partial charge in [0, 0.05) is 19.6 Å². The fraction of sp³-hybridized carbons (Fsp3) is 0.923. The number of halogens is 1. The zero-order valence-corrected chi connectivity index (χ0v) is 13.2. The van der Waals surface area contributed by atoms with Crippen LogP contribution in [0, 0.1) is 0 Å². The fourth-order valence-corrected chi connectivity index (χ4v) is 2.46. The van der Waals surface area contributed by atoms with E-state index < -0.39 is 30.7 Å². The van der Waals surface area contributed by atoms with E-state index in [4.69, 9.17) is 19.9 Å². The molecule has 0 saturated carbocycles. The summed E-state index contributed by atoms with van der Waals surface area (Å²) in [6.07, 6.45) is -2.79. The van der Waals surface area contributed by atoms with Gasteiger partial charge in [-0.1, -0.05) is 0 Å². The molecule has 5 N–H and O–H groups in total. The van der Waals surface area contributed by atoms with Gasteiger partial charge in [0.15, 0.2) is 6.29 Å². The van der Waals surface area contributed by atoms with Crippen molar-refractivity contribution in [2.45, 2.75) is 50.0 Å². The van der Waals surface area contributed by atoms with Gasteiger partial charge in [-0.15, -0.1) is 12.4 Å². The Balaban J connectivity index is 0.00000242. The van der Waals surface area contributed by atoms with Crippen molar-refractivity contribution in [3.05, 3.63) is 0 Å². The van der Waals surface area contributed by atoms with Crippen LogP contribution in [0.3, 0.4) is 0 Å². The Hall–Kier alpha value is -0.480. The number of amides is 1. The smallest absolute Gasteiger partial charge is 0.220 e. The Morgan fingerprint density at radius 2 is 1.95 bits per heavy atom. The molecule has 0 aromatic heterocycles. The van der Waals surface area contributed by atoms with E-state index in [0.717, 1.165) is 0 Å². The molecule has 3 heterocycles. The first-order valence-corrected chi connectivity index (χ1v) is 7.35. The van der Waals surface area contributed by atoms with Crippen LogP contribution in [0.4, 0.5) is 0 Å². The van der Waals surface area contributed by atoms with Gasteiger partial charge in [-0.05, 0) is 19.4 Å². The summed E-state index contributed by atoms with van der Waals surface area (Å²) >= 11 is 0. The Morgan fingerprint density at radius 1 is 1.23 bits per heavy atom. The number of nitrogens with one attached hydrogen (secondary N) is 1. The molecule has 1 amide bonds. The topological polar surface area (TPSA) is 123 Å². The van der Waals surface area contributed by atoms with Gasteiger partial charge in [-0.2, -0.15) is 0 Å². The Morgan fingerprint density at radius 3 is 2.68 bits per heavy atom. The first-order chi connectivity index (χ1) is 10.1. The van der Waals surface area contributed by atoms with Crippen molar-refractivity contribution in [2.75, 3.05) is 26.3 Å². The third-order valence-corrected chi connectivity index (χ3v) is 3.63. The highest BCUT2D eigenvalue weighted by Gasteiger charge is 2.46. The zero-order valence-electron chi connectivity index (χ0n) is 12.3. The molecule has 0 aliphatic carbocycles. The van der Waals surface area contributed by atoms with Crippen LogP contribution in [-0.2, 0) is 19.0 Å². The summed E-state index contributed by atoms with van der Waals surface area (Å²) in [6, 6.07) is 0. The third-order valence-electron chi connectivity index (χ3n) is 3.63. The molecule has 3 fully saturated rings. The maximum atomic E-state index is 11.6. The van der Waals surface area contributed by atoms with Crippen LogP contribution in [0.2, 0.25) is 0 Å². The third kappa shape index (κ3) is 5.02. The number of ether oxygens (including phenoxy) is 3. The van der Waals surface area contributed by atoms with Crippen molar-refractivity contribution < 1.29 is 29.2 Å². The molecule has 130 valence electrons. The molecule has 2 bridgehead atoms. The van der Waals surface area contributed by atoms with Crippen LogP contribution >= 0.6 is 12.4 Å². The number of hydrogen-bond donors (Lipinski definition) is 4. The van der Waals surface area contributed by atoms with Gasteiger partial charge in [-0.25, -0.2) is 0 Å². The van der Waals surface area contributed by atoms with Gasteiger partial charge in [0.05, 0.1) is 6.61 Å². The second kappa shape index (κ2) is 9.61. The number of aliphatic hydroxyl groups is 2. The lowest BCUT2D eigenvalue weighted by Crippen LogP contribution is -2.61. The molecule has 3 aliphatic heterocycles. The molecule has 22 heavy (non-hydrogen) atoms. The Kier molecular flexibility index (Phi) is 8.55. The summed E-state index contributed by atoms with van der Waals surface area (Å²) < 4.78 is 16.6. The lowest BCUT2D eigenvalue weighted by Gasteiger charge is -2.41. The van der Waals surface area contributed by atoms with Crippen molar-refractivity contribution in [3.63, 3.8) is 0 Å². The van der Waals surface area contributed by atoms with Gasteiger partial charge in [0.25, 0.3) is 0 Å². The highest BCUT2D eigenvalue weighted by molar-refractivity contribution is 5.85. The molecule has 8 nitrogen and oxygen atoms in total. The number of carbonyl (C=O) groups excluding carboxylic acids is 1. The van der Waals surface area contributed by atoms with Crippen molar-refractivity contribution in [1.29, 1.82) is 0 Å². The van der Waals surface area contributed by atoms with Crippen LogP contribution in [0.5, 0.6) is 0 Å². The summed E-state index contributed by atoms with van der Waals surface area (Å²) in [5.74, 6) is -0.129. The van der Waals surface area contributed by atoms with Gasteiger partial charge in [-0.3, -0.25) is 4.79 Å². The van der Waals surface area contributed by atoms with E-state index in [1.54, 1.807) is 0 Å². The van der Waals surface area contributed by atoms with E-state index >= 15 is 0 Å². The fourth-order valence-electron chi connectivity index (χ4n) is 2.46. The normalized spacial score (nSPS) is 35.0. The van der Waals surface area contributed by atoms with Crippen LogP contribution in [0.1, 0.15) is 19.3 Å². The average Bonchev–Trinajstić information content (AvgIpc) is 2.62. The van der Waals surface area contributed by atoms with Crippen LogP contribution in [0.25, 0.3) is 0 Å². The highest BCUT2D eigenvalue weighted by atomic mass is 35.5. The van der Waals surface area contributed by atoms with Crippen molar-refractivity contribution in [1.82, 2.24) is 5.32 Å². The van der Waals surface area contributed by atoms with E-state index in [1.165, 1.54) is 0 Å². The van der Waals surface area contributed by atoms with E-state index in [9.17, 15) is 15.0 Å². The predicted molar refractivity (Wildman–Crippen MR) is 79.5 cm³/mol. The van der Waals surface area contributed by atoms with Gasteiger partial charge in [0.2, 0.25) is 5.91 Å². The molecule has 9 heteroatoms. The summed E-state index contributed by atoms with van der Waals surface area (Å²) in [6.45, 7) is 1.44. The maximum Gasteiger partial charge on any atom is 0.220 e. The monoisotopic (exact) mass is 340 g/mol. The molecule has 5 atom stereocenters. The average molecular weight is 341 g/mol. The minimum Gasteiger partial charge on any atom is -0.387 e. The summed E-state index contributed by atoms with van der Waals surface area (Å²) in [4.78, 5) is 11.6. The number of aliphatic hydroxyl groups excluding tert-OH is 2. The lowest BCUT2D eigenvalue weighted by molar-refractivity contribution is -0.292. The number of carbonyl (C=O) groups is 1. The molecule has 3 rings (SSSR count). The van der Waals surface area contributed by atoms with Crippen LogP contribution < -0.4 is 11.1 Å². The van der Waals surface area contributed by atoms with Crippen molar-refractivity contribution in [2.24, 2.45) is 5.73 Å². The molecule has 0 radical (unpaired) electrons. The summed E-state index contributed by atoms with van der Waals surface area (Å²) in [5, 5.41) is 22.8. The van der Waals surface area contributed by atoms with Gasteiger partial charge < -0.3 is 35.5 Å². The molecule has 3 aliphatic rings. The van der Waals surface area contributed by atoms with Crippen molar-refractivity contribution >= 4 is 18.3 Å². The zero-order chi connectivity index (χ0) is 15.2. The predicted octanol–water partition coefficient (Wildman–Crippen LogP) is -1.48. The maximum absolute atomic E-state index is 11.6. The van der Waals surface area contributed by atoms with E-state index in [1.807, 2.05) is 0 Å². The first kappa shape index (κ1) is 19.6. The minimum atomic E-state index is -1.16. The molecule has 0 aromatic rings. The molecule has 0 spiro atoms. The van der Waals surface area contributed by atoms with Gasteiger partial charge in [0.1, 0.15) is 24.4 Å². The van der Waals surface area contributed by atoms with E-state index in [0.29, 0.717) is 39.0 Å². The number of fused-ring (bicyclic) bond motifs is 6. The quantitative estimate of drug-likeness (QED) is 0.481. The largest absolute Gasteiger partial charge is 0.387 e. The number of nitrogens with two attached hydrogens (primary N) is 1. The van der Waals surface area contributed by atoms with Crippen molar-refractivity contribution in [3.8, 4) is 0 Å². The SMILES string of the molecule is Cl.NCCCC(=O)NCC1OC2OCCCOC1C(O)C2O. The summed E-state index contributed by atoms with van der Waals surface area (Å²) in [7, 11) is 0. The Labute approximate surface area is 135 Å². The molecular formula is C13H25ClN2O6. The summed E-state index contributed by atoms with van der Waals surface area (Å²) in [5.41, 5.74) is 5.35. The van der Waals surface area contributed by atoms with E-state index in [2.05, 4.69) is 5.32 Å². The standard InChI is InChI=1S/C13H24N2O6.ClH/c14-4-1-3-9(16)15-7-8-12-10(17)11(18)13(21-8)20-6-2-5-19-12;/h8,10-13,17-18H,1-7,14H2,(H,15,16);1H.